The van der Waals surface area contributed by atoms with Crippen LogP contribution in [0.3, 0.4) is 0 Å². The number of aromatic nitrogens is 1. The minimum atomic E-state index is -0.383. The number of hydrogen-bond donors (Lipinski definition) is 2. The van der Waals surface area contributed by atoms with Crippen LogP contribution in [-0.2, 0) is 16.0 Å². The fourth-order valence-electron chi connectivity index (χ4n) is 3.91. The number of amides is 2. The number of carbonyl (C=O) groups excluding carboxylic acids is 2. The second-order valence-electron chi connectivity index (χ2n) is 7.33. The second kappa shape index (κ2) is 8.78. The molecule has 2 heterocycles. The summed E-state index contributed by atoms with van der Waals surface area (Å²) in [6.07, 6.45) is 7.68. The lowest BCUT2D eigenvalue weighted by Crippen LogP contribution is -2.45. The largest absolute Gasteiger partial charge is 0.361 e. The van der Waals surface area contributed by atoms with Crippen LogP contribution in [0.25, 0.3) is 17.0 Å². The van der Waals surface area contributed by atoms with Crippen molar-refractivity contribution in [3.8, 4) is 0 Å². The molecule has 2 N–H and O–H groups in total. The number of benzene rings is 2. The number of carbonyl (C=O) groups is 2. The van der Waals surface area contributed by atoms with Crippen LogP contribution in [0, 0.1) is 0 Å². The standard InChI is InChI=1S/C24H25N3O2/c28-23(13-12-18-7-2-1-3-8-18)27-16-6-11-22(27)24(29)25-15-14-19-17-26-21-10-5-4-9-20(19)21/h1-5,7-10,12-13,17,22,26H,6,11,14-16H2,(H,25,29)/b13-12+/t22-/m0/s1. The molecule has 5 nitrogen and oxygen atoms in total. The smallest absolute Gasteiger partial charge is 0.247 e. The molecule has 0 bridgehead atoms. The fraction of sp³-hybridized carbons (Fsp3) is 0.250. The molecular weight excluding hydrogens is 362 g/mol. The molecule has 2 aromatic carbocycles. The predicted molar refractivity (Wildman–Crippen MR) is 115 cm³/mol. The Morgan fingerprint density at radius 2 is 1.90 bits per heavy atom. The van der Waals surface area contributed by atoms with E-state index in [4.69, 9.17) is 0 Å². The van der Waals surface area contributed by atoms with E-state index in [1.165, 1.54) is 10.9 Å². The molecule has 2 amide bonds. The quantitative estimate of drug-likeness (QED) is 0.636. The number of likely N-dealkylation sites (tertiary alicyclic amines) is 1. The second-order valence-corrected chi connectivity index (χ2v) is 7.33. The van der Waals surface area contributed by atoms with Gasteiger partial charge in [0.05, 0.1) is 0 Å². The zero-order valence-corrected chi connectivity index (χ0v) is 16.3. The fourth-order valence-corrected chi connectivity index (χ4v) is 3.91. The number of H-pyrrole nitrogens is 1. The van der Waals surface area contributed by atoms with E-state index in [-0.39, 0.29) is 17.9 Å². The summed E-state index contributed by atoms with van der Waals surface area (Å²) in [6, 6.07) is 17.5. The van der Waals surface area contributed by atoms with Crippen molar-refractivity contribution in [1.29, 1.82) is 0 Å². The van der Waals surface area contributed by atoms with E-state index >= 15 is 0 Å². The highest BCUT2D eigenvalue weighted by molar-refractivity contribution is 5.96. The number of fused-ring (bicyclic) bond motifs is 1. The van der Waals surface area contributed by atoms with Crippen LogP contribution in [0.2, 0.25) is 0 Å². The highest BCUT2D eigenvalue weighted by Gasteiger charge is 2.32. The number of nitrogens with one attached hydrogen (secondary N) is 2. The van der Waals surface area contributed by atoms with Gasteiger partial charge in [0, 0.05) is 36.3 Å². The monoisotopic (exact) mass is 387 g/mol. The Balaban J connectivity index is 1.32. The van der Waals surface area contributed by atoms with E-state index in [0.29, 0.717) is 19.5 Å². The molecule has 1 atom stereocenters. The number of nitrogens with zero attached hydrogens (tertiary/aromatic N) is 1. The van der Waals surface area contributed by atoms with Crippen molar-refractivity contribution in [3.05, 3.63) is 78.0 Å². The zero-order chi connectivity index (χ0) is 20.1. The molecule has 1 aliphatic rings. The first-order valence-corrected chi connectivity index (χ1v) is 10.1. The lowest BCUT2D eigenvalue weighted by molar-refractivity contribution is -0.135. The Bertz CT molecular complexity index is 1020. The zero-order valence-electron chi connectivity index (χ0n) is 16.3. The first-order chi connectivity index (χ1) is 14.2. The summed E-state index contributed by atoms with van der Waals surface area (Å²) in [5, 5.41) is 4.20. The van der Waals surface area contributed by atoms with Crippen LogP contribution in [0.1, 0.15) is 24.0 Å². The van der Waals surface area contributed by atoms with E-state index < -0.39 is 0 Å². The average molecular weight is 387 g/mol. The van der Waals surface area contributed by atoms with Crippen LogP contribution in [0.5, 0.6) is 0 Å². The van der Waals surface area contributed by atoms with E-state index in [1.807, 2.05) is 54.7 Å². The van der Waals surface area contributed by atoms with E-state index in [9.17, 15) is 9.59 Å². The Kier molecular flexibility index (Phi) is 5.75. The highest BCUT2D eigenvalue weighted by atomic mass is 16.2. The van der Waals surface area contributed by atoms with Gasteiger partial charge in [0.25, 0.3) is 0 Å². The molecule has 0 radical (unpaired) electrons. The third-order valence-corrected chi connectivity index (χ3v) is 5.42. The maximum absolute atomic E-state index is 12.7. The third kappa shape index (κ3) is 4.40. The lowest BCUT2D eigenvalue weighted by Gasteiger charge is -2.22. The molecule has 148 valence electrons. The van der Waals surface area contributed by atoms with Crippen molar-refractivity contribution in [2.24, 2.45) is 0 Å². The number of aromatic amines is 1. The minimum absolute atomic E-state index is 0.0659. The number of hydrogen-bond acceptors (Lipinski definition) is 2. The van der Waals surface area contributed by atoms with Gasteiger partial charge in [-0.25, -0.2) is 0 Å². The Morgan fingerprint density at radius 3 is 2.76 bits per heavy atom. The van der Waals surface area contributed by atoms with Crippen molar-refractivity contribution in [1.82, 2.24) is 15.2 Å². The van der Waals surface area contributed by atoms with Crippen LogP contribution < -0.4 is 5.32 Å². The molecular formula is C24H25N3O2. The maximum Gasteiger partial charge on any atom is 0.247 e. The van der Waals surface area contributed by atoms with Crippen LogP contribution in [-0.4, -0.2) is 40.8 Å². The molecule has 1 saturated heterocycles. The molecule has 0 saturated carbocycles. The molecule has 1 aliphatic heterocycles. The van der Waals surface area contributed by atoms with Gasteiger partial charge in [-0.1, -0.05) is 48.5 Å². The molecule has 29 heavy (non-hydrogen) atoms. The van der Waals surface area contributed by atoms with Gasteiger partial charge in [-0.3, -0.25) is 9.59 Å². The molecule has 0 unspecified atom stereocenters. The molecule has 5 heteroatoms. The molecule has 1 aromatic heterocycles. The molecule has 4 rings (SSSR count). The van der Waals surface area contributed by atoms with Gasteiger partial charge in [-0.2, -0.15) is 0 Å². The Morgan fingerprint density at radius 1 is 1.10 bits per heavy atom. The van der Waals surface area contributed by atoms with Crippen LogP contribution in [0.4, 0.5) is 0 Å². The van der Waals surface area contributed by atoms with Gasteiger partial charge in [0.2, 0.25) is 11.8 Å². The molecule has 3 aromatic rings. The van der Waals surface area contributed by atoms with Crippen molar-refractivity contribution >= 4 is 28.8 Å². The summed E-state index contributed by atoms with van der Waals surface area (Å²) in [5.74, 6) is -0.174. The number of para-hydroxylation sites is 1. The SMILES string of the molecule is O=C(NCCc1c[nH]c2ccccc12)[C@@H]1CCCN1C(=O)/C=C/c1ccccc1. The van der Waals surface area contributed by atoms with Gasteiger partial charge in [0.1, 0.15) is 6.04 Å². The summed E-state index contributed by atoms with van der Waals surface area (Å²) in [7, 11) is 0. The minimum Gasteiger partial charge on any atom is -0.361 e. The predicted octanol–water partition coefficient (Wildman–Crippen LogP) is 3.53. The average Bonchev–Trinajstić information content (AvgIpc) is 3.40. The van der Waals surface area contributed by atoms with Crippen molar-refractivity contribution in [3.63, 3.8) is 0 Å². The van der Waals surface area contributed by atoms with E-state index in [1.54, 1.807) is 17.1 Å². The normalized spacial score (nSPS) is 16.6. The van der Waals surface area contributed by atoms with Gasteiger partial charge in [0.15, 0.2) is 0 Å². The van der Waals surface area contributed by atoms with Gasteiger partial charge in [-0.05, 0) is 42.5 Å². The summed E-state index contributed by atoms with van der Waals surface area (Å²) in [5.41, 5.74) is 3.26. The highest BCUT2D eigenvalue weighted by Crippen LogP contribution is 2.19. The van der Waals surface area contributed by atoms with Crippen molar-refractivity contribution in [2.45, 2.75) is 25.3 Å². The summed E-state index contributed by atoms with van der Waals surface area (Å²) >= 11 is 0. The number of rotatable bonds is 6. The first kappa shape index (κ1) is 19.0. The topological polar surface area (TPSA) is 65.2 Å². The molecule has 1 fully saturated rings. The first-order valence-electron chi connectivity index (χ1n) is 10.1. The maximum atomic E-state index is 12.7. The summed E-state index contributed by atoms with van der Waals surface area (Å²) < 4.78 is 0. The third-order valence-electron chi connectivity index (χ3n) is 5.42. The summed E-state index contributed by atoms with van der Waals surface area (Å²) in [6.45, 7) is 1.18. The van der Waals surface area contributed by atoms with Gasteiger partial charge < -0.3 is 15.2 Å². The van der Waals surface area contributed by atoms with Crippen LogP contribution >= 0.6 is 0 Å². The van der Waals surface area contributed by atoms with Gasteiger partial charge >= 0.3 is 0 Å². The lowest BCUT2D eigenvalue weighted by atomic mass is 10.1. The Labute approximate surface area is 170 Å². The van der Waals surface area contributed by atoms with E-state index in [2.05, 4.69) is 16.4 Å². The summed E-state index contributed by atoms with van der Waals surface area (Å²) in [4.78, 5) is 30.2. The van der Waals surface area contributed by atoms with Crippen LogP contribution in [0.15, 0.2) is 66.9 Å². The van der Waals surface area contributed by atoms with Gasteiger partial charge in [-0.15, -0.1) is 0 Å². The van der Waals surface area contributed by atoms with E-state index in [0.717, 1.165) is 23.9 Å². The Hall–Kier alpha value is -3.34. The van der Waals surface area contributed by atoms with Crippen molar-refractivity contribution in [2.75, 3.05) is 13.1 Å². The molecule has 0 spiro atoms. The van der Waals surface area contributed by atoms with Crippen molar-refractivity contribution < 1.29 is 9.59 Å². The molecule has 0 aliphatic carbocycles.